The number of rotatable bonds is 2. The molecule has 0 radical (unpaired) electrons. The maximum Gasteiger partial charge on any atom is 0.229 e. The molecule has 6 nitrogen and oxygen atoms in total. The highest BCUT2D eigenvalue weighted by atomic mass is 35.5. The van der Waals surface area contributed by atoms with Gasteiger partial charge in [0.1, 0.15) is 0 Å². The van der Waals surface area contributed by atoms with Crippen molar-refractivity contribution in [3.63, 3.8) is 0 Å². The molecule has 2 aromatic heterocycles. The first-order chi connectivity index (χ1) is 12.5. The van der Waals surface area contributed by atoms with Gasteiger partial charge in [0.2, 0.25) is 11.8 Å². The van der Waals surface area contributed by atoms with Crippen LogP contribution < -0.4 is 4.90 Å². The highest BCUT2D eigenvalue weighted by Gasteiger charge is 2.25. The third-order valence-electron chi connectivity index (χ3n) is 4.40. The van der Waals surface area contributed by atoms with Crippen LogP contribution in [-0.2, 0) is 4.74 Å². The van der Waals surface area contributed by atoms with E-state index in [4.69, 9.17) is 16.3 Å². The molecule has 3 heterocycles. The van der Waals surface area contributed by atoms with Crippen LogP contribution >= 0.6 is 11.6 Å². The van der Waals surface area contributed by atoms with Crippen molar-refractivity contribution >= 4 is 28.5 Å². The summed E-state index contributed by atoms with van der Waals surface area (Å²) in [5, 5.41) is 11.5. The van der Waals surface area contributed by atoms with E-state index in [9.17, 15) is 5.11 Å². The Labute approximate surface area is 156 Å². The second-order valence-corrected chi connectivity index (χ2v) is 6.98. The quantitative estimate of drug-likeness (QED) is 0.742. The van der Waals surface area contributed by atoms with Crippen molar-refractivity contribution in [2.75, 3.05) is 18.0 Å². The second kappa shape index (κ2) is 6.70. The zero-order valence-electron chi connectivity index (χ0n) is 14.6. The molecule has 134 valence electrons. The molecule has 0 saturated carbocycles. The number of anilines is 1. The van der Waals surface area contributed by atoms with Gasteiger partial charge in [0, 0.05) is 24.8 Å². The Balaban J connectivity index is 1.79. The average molecular weight is 371 g/mol. The molecule has 1 N–H and O–H groups in total. The van der Waals surface area contributed by atoms with E-state index >= 15 is 0 Å². The zero-order valence-corrected chi connectivity index (χ0v) is 15.3. The fourth-order valence-corrected chi connectivity index (χ4v) is 3.56. The minimum Gasteiger partial charge on any atom is -0.493 e. The molecule has 4 rings (SSSR count). The summed E-state index contributed by atoms with van der Waals surface area (Å²) in [4.78, 5) is 15.3. The number of morpholine rings is 1. The van der Waals surface area contributed by atoms with E-state index in [-0.39, 0.29) is 18.1 Å². The van der Waals surface area contributed by atoms with Crippen LogP contribution in [-0.4, -0.2) is 45.4 Å². The predicted molar refractivity (Wildman–Crippen MR) is 102 cm³/mol. The molecule has 7 heteroatoms. The summed E-state index contributed by atoms with van der Waals surface area (Å²) < 4.78 is 5.76. The van der Waals surface area contributed by atoms with E-state index < -0.39 is 0 Å². The SMILES string of the molecule is CC1CN(c2nc(O)c3ccc(-c4ncccc4Cl)cc3n2)CC(C)O1. The maximum absolute atomic E-state index is 10.4. The fraction of sp³-hybridized carbons (Fsp3) is 0.316. The van der Waals surface area contributed by atoms with Crippen LogP contribution in [0, 0.1) is 0 Å². The molecule has 0 spiro atoms. The number of aromatic hydroxyl groups is 1. The van der Waals surface area contributed by atoms with Crippen LogP contribution in [0.5, 0.6) is 5.88 Å². The lowest BCUT2D eigenvalue weighted by atomic mass is 10.1. The predicted octanol–water partition coefficient (Wildman–Crippen LogP) is 3.66. The largest absolute Gasteiger partial charge is 0.493 e. The summed E-state index contributed by atoms with van der Waals surface area (Å²) >= 11 is 6.26. The number of hydrogen-bond donors (Lipinski definition) is 1. The molecular weight excluding hydrogens is 352 g/mol. The summed E-state index contributed by atoms with van der Waals surface area (Å²) in [6.07, 6.45) is 1.86. The molecule has 26 heavy (non-hydrogen) atoms. The van der Waals surface area contributed by atoms with Gasteiger partial charge in [-0.3, -0.25) is 4.98 Å². The highest BCUT2D eigenvalue weighted by molar-refractivity contribution is 6.33. The van der Waals surface area contributed by atoms with Crippen LogP contribution in [0.3, 0.4) is 0 Å². The third kappa shape index (κ3) is 3.18. The van der Waals surface area contributed by atoms with Gasteiger partial charge in [-0.2, -0.15) is 4.98 Å². The Morgan fingerprint density at radius 1 is 1.15 bits per heavy atom. The standard InChI is InChI=1S/C19H19ClN4O2/c1-11-9-24(10-12(2)26-11)19-22-16-8-13(5-6-14(16)18(25)23-19)17-15(20)4-3-7-21-17/h3-8,11-12H,9-10H2,1-2H3,(H,22,23,25). The molecule has 3 aromatic rings. The monoisotopic (exact) mass is 370 g/mol. The Morgan fingerprint density at radius 3 is 2.65 bits per heavy atom. The van der Waals surface area contributed by atoms with Crippen molar-refractivity contribution in [1.29, 1.82) is 0 Å². The zero-order chi connectivity index (χ0) is 18.3. The average Bonchev–Trinajstić information content (AvgIpc) is 2.61. The molecule has 1 fully saturated rings. The number of nitrogens with zero attached hydrogens (tertiary/aromatic N) is 4. The number of ether oxygens (including phenoxy) is 1. The van der Waals surface area contributed by atoms with Crippen molar-refractivity contribution in [2.24, 2.45) is 0 Å². The molecule has 2 unspecified atom stereocenters. The van der Waals surface area contributed by atoms with Gasteiger partial charge < -0.3 is 14.7 Å². The summed E-state index contributed by atoms with van der Waals surface area (Å²) in [6.45, 7) is 5.40. The van der Waals surface area contributed by atoms with Crippen molar-refractivity contribution in [2.45, 2.75) is 26.1 Å². The molecule has 0 aliphatic carbocycles. The van der Waals surface area contributed by atoms with Crippen molar-refractivity contribution in [3.8, 4) is 17.1 Å². The Morgan fingerprint density at radius 2 is 1.92 bits per heavy atom. The number of fused-ring (bicyclic) bond motifs is 1. The molecule has 0 amide bonds. The van der Waals surface area contributed by atoms with Gasteiger partial charge in [0.05, 0.1) is 33.8 Å². The number of aromatic nitrogens is 3. The molecule has 1 aliphatic heterocycles. The summed E-state index contributed by atoms with van der Waals surface area (Å²) in [5.41, 5.74) is 2.18. The topological polar surface area (TPSA) is 71.4 Å². The van der Waals surface area contributed by atoms with Crippen molar-refractivity contribution in [3.05, 3.63) is 41.6 Å². The highest BCUT2D eigenvalue weighted by Crippen LogP contribution is 2.31. The van der Waals surface area contributed by atoms with Crippen LogP contribution in [0.15, 0.2) is 36.5 Å². The molecule has 2 atom stereocenters. The lowest BCUT2D eigenvalue weighted by molar-refractivity contribution is -0.00573. The van der Waals surface area contributed by atoms with E-state index in [2.05, 4.69) is 15.0 Å². The molecule has 1 aliphatic rings. The first-order valence-electron chi connectivity index (χ1n) is 8.53. The van der Waals surface area contributed by atoms with E-state index in [1.54, 1.807) is 24.4 Å². The lowest BCUT2D eigenvalue weighted by Gasteiger charge is -2.35. The van der Waals surface area contributed by atoms with Crippen molar-refractivity contribution in [1.82, 2.24) is 15.0 Å². The number of halogens is 1. The Hall–Kier alpha value is -2.44. The van der Waals surface area contributed by atoms with Gasteiger partial charge in [-0.25, -0.2) is 4.98 Å². The number of pyridine rings is 1. The van der Waals surface area contributed by atoms with E-state index in [1.807, 2.05) is 30.9 Å². The summed E-state index contributed by atoms with van der Waals surface area (Å²) in [7, 11) is 0. The molecule has 0 bridgehead atoms. The Kier molecular flexibility index (Phi) is 4.38. The summed E-state index contributed by atoms with van der Waals surface area (Å²) in [5.74, 6) is 0.469. The minimum absolute atomic E-state index is 0.0320. The van der Waals surface area contributed by atoms with Gasteiger partial charge in [-0.15, -0.1) is 0 Å². The maximum atomic E-state index is 10.4. The van der Waals surface area contributed by atoms with Crippen molar-refractivity contribution < 1.29 is 9.84 Å². The van der Waals surface area contributed by atoms with E-state index in [1.165, 1.54) is 0 Å². The van der Waals surface area contributed by atoms with Gasteiger partial charge in [-0.1, -0.05) is 17.7 Å². The first kappa shape index (κ1) is 17.0. The molecule has 1 aromatic carbocycles. The number of hydrogen-bond acceptors (Lipinski definition) is 6. The fourth-order valence-electron chi connectivity index (χ4n) is 3.33. The van der Waals surface area contributed by atoms with Crippen LogP contribution in [0.1, 0.15) is 13.8 Å². The first-order valence-corrected chi connectivity index (χ1v) is 8.91. The molecular formula is C19H19ClN4O2. The van der Waals surface area contributed by atoms with Gasteiger partial charge in [0.15, 0.2) is 0 Å². The second-order valence-electron chi connectivity index (χ2n) is 6.58. The van der Waals surface area contributed by atoms with E-state index in [0.717, 1.165) is 5.56 Å². The summed E-state index contributed by atoms with van der Waals surface area (Å²) in [6, 6.07) is 9.12. The van der Waals surface area contributed by atoms with E-state index in [0.29, 0.717) is 40.7 Å². The van der Waals surface area contributed by atoms with Crippen LogP contribution in [0.25, 0.3) is 22.2 Å². The van der Waals surface area contributed by atoms with Gasteiger partial charge in [-0.05, 0) is 38.1 Å². The Bertz CT molecular complexity index is 955. The van der Waals surface area contributed by atoms with Gasteiger partial charge in [0.25, 0.3) is 0 Å². The molecule has 1 saturated heterocycles. The lowest BCUT2D eigenvalue weighted by Crippen LogP contribution is -2.46. The smallest absolute Gasteiger partial charge is 0.229 e. The number of benzene rings is 1. The van der Waals surface area contributed by atoms with Crippen LogP contribution in [0.2, 0.25) is 5.02 Å². The van der Waals surface area contributed by atoms with Gasteiger partial charge >= 0.3 is 0 Å². The minimum atomic E-state index is -0.0320. The third-order valence-corrected chi connectivity index (χ3v) is 4.70. The normalized spacial score (nSPS) is 20.5. The van der Waals surface area contributed by atoms with Crippen LogP contribution in [0.4, 0.5) is 5.95 Å².